The van der Waals surface area contributed by atoms with E-state index in [2.05, 4.69) is 10.6 Å². The highest BCUT2D eigenvalue weighted by molar-refractivity contribution is 6.04. The van der Waals surface area contributed by atoms with E-state index in [1.165, 1.54) is 5.56 Å². The minimum absolute atomic E-state index is 0.0113. The maximum atomic E-state index is 12.6. The highest BCUT2D eigenvalue weighted by atomic mass is 16.5. The van der Waals surface area contributed by atoms with E-state index in [4.69, 9.17) is 4.74 Å². The van der Waals surface area contributed by atoms with Crippen molar-refractivity contribution in [1.29, 1.82) is 0 Å². The third-order valence-corrected chi connectivity index (χ3v) is 5.26. The third-order valence-electron chi connectivity index (χ3n) is 5.26. The molecular weight excluding hydrogens is 428 g/mol. The van der Waals surface area contributed by atoms with Crippen molar-refractivity contribution in [3.8, 4) is 0 Å². The van der Waals surface area contributed by atoms with Crippen LogP contribution < -0.4 is 10.6 Å². The number of ether oxygens (including phenoxy) is 1. The molecule has 6 heteroatoms. The average molecular weight is 459 g/mol. The second-order valence-electron chi connectivity index (χ2n) is 7.89. The number of carbonyl (C=O) groups is 3. The first-order chi connectivity index (χ1) is 16.6. The SMILES string of the molecule is O=C(CCC(=O)OCCCc1ccccc1)Nc1ccccc1C(=O)NCCc1ccccc1. The molecule has 0 radical (unpaired) electrons. The molecule has 176 valence electrons. The lowest BCUT2D eigenvalue weighted by molar-refractivity contribution is -0.144. The van der Waals surface area contributed by atoms with E-state index < -0.39 is 5.97 Å². The standard InChI is InChI=1S/C28H30N2O4/c31-26(17-18-27(32)34-21-9-14-22-10-3-1-4-11-22)30-25-16-8-7-15-24(25)28(33)29-20-19-23-12-5-2-6-13-23/h1-8,10-13,15-16H,9,14,17-21H2,(H,29,33)(H,30,31). The largest absolute Gasteiger partial charge is 0.466 e. The Morgan fingerprint density at radius 1 is 0.706 bits per heavy atom. The summed E-state index contributed by atoms with van der Waals surface area (Å²) >= 11 is 0. The molecule has 0 aliphatic rings. The van der Waals surface area contributed by atoms with E-state index in [0.29, 0.717) is 30.8 Å². The van der Waals surface area contributed by atoms with Gasteiger partial charge >= 0.3 is 5.97 Å². The van der Waals surface area contributed by atoms with Crippen LogP contribution in [0, 0.1) is 0 Å². The zero-order valence-electron chi connectivity index (χ0n) is 19.2. The molecule has 0 aliphatic carbocycles. The average Bonchev–Trinajstić information content (AvgIpc) is 2.87. The molecule has 34 heavy (non-hydrogen) atoms. The van der Waals surface area contributed by atoms with Crippen molar-refractivity contribution >= 4 is 23.5 Å². The van der Waals surface area contributed by atoms with Gasteiger partial charge in [0.25, 0.3) is 5.91 Å². The van der Waals surface area contributed by atoms with Gasteiger partial charge in [0.05, 0.1) is 24.3 Å². The number of anilines is 1. The Hall–Kier alpha value is -3.93. The number of esters is 1. The van der Waals surface area contributed by atoms with Gasteiger partial charge in [0.15, 0.2) is 0 Å². The summed E-state index contributed by atoms with van der Waals surface area (Å²) in [5.74, 6) is -1.01. The summed E-state index contributed by atoms with van der Waals surface area (Å²) in [6, 6.07) is 26.7. The second-order valence-corrected chi connectivity index (χ2v) is 7.89. The Balaban J connectivity index is 1.38. The minimum atomic E-state index is -0.407. The number of benzene rings is 3. The molecule has 3 rings (SSSR count). The molecular formula is C28H30N2O4. The van der Waals surface area contributed by atoms with Gasteiger partial charge in [-0.15, -0.1) is 0 Å². The summed E-state index contributed by atoms with van der Waals surface area (Å²) in [6.07, 6.45) is 2.26. The van der Waals surface area contributed by atoms with E-state index in [9.17, 15) is 14.4 Å². The molecule has 3 aromatic carbocycles. The van der Waals surface area contributed by atoms with Crippen LogP contribution in [0.25, 0.3) is 0 Å². The molecule has 0 bridgehead atoms. The van der Waals surface area contributed by atoms with Gasteiger partial charge in [-0.2, -0.15) is 0 Å². The van der Waals surface area contributed by atoms with Crippen molar-refractivity contribution in [3.63, 3.8) is 0 Å². The van der Waals surface area contributed by atoms with E-state index in [1.807, 2.05) is 60.7 Å². The number of carbonyl (C=O) groups excluding carboxylic acids is 3. The van der Waals surface area contributed by atoms with Crippen molar-refractivity contribution in [2.75, 3.05) is 18.5 Å². The van der Waals surface area contributed by atoms with Gasteiger partial charge in [0, 0.05) is 13.0 Å². The Kier molecular flexibility index (Phi) is 9.87. The first-order valence-corrected chi connectivity index (χ1v) is 11.5. The zero-order chi connectivity index (χ0) is 24.0. The molecule has 0 aromatic heterocycles. The molecule has 0 spiro atoms. The summed E-state index contributed by atoms with van der Waals surface area (Å²) in [7, 11) is 0. The van der Waals surface area contributed by atoms with Crippen molar-refractivity contribution in [2.24, 2.45) is 0 Å². The highest BCUT2D eigenvalue weighted by Gasteiger charge is 2.14. The molecule has 0 fully saturated rings. The van der Waals surface area contributed by atoms with Crippen molar-refractivity contribution in [2.45, 2.75) is 32.1 Å². The van der Waals surface area contributed by atoms with Crippen LogP contribution in [-0.2, 0) is 27.2 Å². The van der Waals surface area contributed by atoms with Crippen LogP contribution in [0.3, 0.4) is 0 Å². The van der Waals surface area contributed by atoms with Crippen LogP contribution in [0.2, 0.25) is 0 Å². The monoisotopic (exact) mass is 458 g/mol. The lowest BCUT2D eigenvalue weighted by atomic mass is 10.1. The third kappa shape index (κ3) is 8.54. The highest BCUT2D eigenvalue weighted by Crippen LogP contribution is 2.16. The normalized spacial score (nSPS) is 10.4. The molecule has 0 heterocycles. The minimum Gasteiger partial charge on any atom is -0.466 e. The van der Waals surface area contributed by atoms with Crippen LogP contribution in [0.15, 0.2) is 84.9 Å². The Morgan fingerprint density at radius 3 is 2.03 bits per heavy atom. The zero-order valence-corrected chi connectivity index (χ0v) is 19.2. The lowest BCUT2D eigenvalue weighted by Gasteiger charge is -2.11. The number of para-hydroxylation sites is 1. The van der Waals surface area contributed by atoms with Crippen LogP contribution in [0.5, 0.6) is 0 Å². The van der Waals surface area contributed by atoms with Gasteiger partial charge in [-0.1, -0.05) is 72.8 Å². The van der Waals surface area contributed by atoms with Crippen molar-refractivity contribution in [1.82, 2.24) is 5.32 Å². The number of hydrogen-bond donors (Lipinski definition) is 2. The molecule has 2 amide bonds. The summed E-state index contributed by atoms with van der Waals surface area (Å²) < 4.78 is 5.22. The predicted molar refractivity (Wildman–Crippen MR) is 133 cm³/mol. The fourth-order valence-corrected chi connectivity index (χ4v) is 3.46. The van der Waals surface area contributed by atoms with Gasteiger partial charge in [0.1, 0.15) is 0 Å². The van der Waals surface area contributed by atoms with Gasteiger partial charge in [0.2, 0.25) is 5.91 Å². The molecule has 0 unspecified atom stereocenters. The van der Waals surface area contributed by atoms with Gasteiger partial charge in [-0.25, -0.2) is 0 Å². The summed E-state index contributed by atoms with van der Waals surface area (Å²) in [5.41, 5.74) is 3.13. The number of aryl methyl sites for hydroxylation is 1. The number of rotatable bonds is 12. The number of nitrogens with one attached hydrogen (secondary N) is 2. The van der Waals surface area contributed by atoms with Crippen LogP contribution in [0.4, 0.5) is 5.69 Å². The first-order valence-electron chi connectivity index (χ1n) is 11.5. The predicted octanol–water partition coefficient (Wildman–Crippen LogP) is 4.55. The van der Waals surface area contributed by atoms with Crippen LogP contribution in [-0.4, -0.2) is 30.9 Å². The van der Waals surface area contributed by atoms with Crippen molar-refractivity contribution < 1.29 is 19.1 Å². The summed E-state index contributed by atoms with van der Waals surface area (Å²) in [4.78, 5) is 36.9. The molecule has 3 aromatic rings. The molecule has 0 aliphatic heterocycles. The Labute approximate surface area is 200 Å². The fraction of sp³-hybridized carbons (Fsp3) is 0.250. The van der Waals surface area contributed by atoms with Crippen molar-refractivity contribution in [3.05, 3.63) is 102 Å². The second kappa shape index (κ2) is 13.6. The van der Waals surface area contributed by atoms with Gasteiger partial charge in [-0.3, -0.25) is 14.4 Å². The van der Waals surface area contributed by atoms with Crippen LogP contribution in [0.1, 0.15) is 40.7 Å². The summed E-state index contributed by atoms with van der Waals surface area (Å²) in [6.45, 7) is 0.808. The maximum Gasteiger partial charge on any atom is 0.306 e. The van der Waals surface area contributed by atoms with Crippen LogP contribution >= 0.6 is 0 Å². The summed E-state index contributed by atoms with van der Waals surface area (Å²) in [5, 5.41) is 5.62. The van der Waals surface area contributed by atoms with E-state index in [-0.39, 0.29) is 24.7 Å². The maximum absolute atomic E-state index is 12.6. The smallest absolute Gasteiger partial charge is 0.306 e. The molecule has 6 nitrogen and oxygen atoms in total. The molecule has 2 N–H and O–H groups in total. The van der Waals surface area contributed by atoms with Gasteiger partial charge < -0.3 is 15.4 Å². The molecule has 0 saturated carbocycles. The Bertz CT molecular complexity index is 1070. The molecule has 0 saturated heterocycles. The number of amides is 2. The molecule has 0 atom stereocenters. The topological polar surface area (TPSA) is 84.5 Å². The van der Waals surface area contributed by atoms with E-state index in [0.717, 1.165) is 18.4 Å². The Morgan fingerprint density at radius 2 is 1.32 bits per heavy atom. The quantitative estimate of drug-likeness (QED) is 0.308. The number of hydrogen-bond acceptors (Lipinski definition) is 4. The lowest BCUT2D eigenvalue weighted by Crippen LogP contribution is -2.27. The van der Waals surface area contributed by atoms with E-state index in [1.54, 1.807) is 24.3 Å². The first kappa shape index (κ1) is 24.7. The van der Waals surface area contributed by atoms with Gasteiger partial charge in [-0.05, 0) is 42.5 Å². The fourth-order valence-electron chi connectivity index (χ4n) is 3.46. The van der Waals surface area contributed by atoms with E-state index >= 15 is 0 Å².